The normalized spacial score (nSPS) is 11.5. The molecule has 2 amide bonds. The molecule has 184 valence electrons. The number of unbranched alkanes of at least 4 members (excludes halogenated alkanes) is 1. The molecule has 35 heavy (non-hydrogen) atoms. The molecule has 0 aromatic heterocycles. The van der Waals surface area contributed by atoms with Crippen LogP contribution >= 0.6 is 0 Å². The minimum Gasteiger partial charge on any atom is -0.483 e. The van der Waals surface area contributed by atoms with E-state index in [9.17, 15) is 9.59 Å². The second kappa shape index (κ2) is 13.3. The van der Waals surface area contributed by atoms with Crippen molar-refractivity contribution in [1.29, 1.82) is 0 Å². The van der Waals surface area contributed by atoms with Crippen LogP contribution in [0.1, 0.15) is 42.0 Å². The summed E-state index contributed by atoms with van der Waals surface area (Å²) in [5.41, 5.74) is 4.08. The molecule has 0 radical (unpaired) electrons. The van der Waals surface area contributed by atoms with Gasteiger partial charge in [-0.05, 0) is 43.0 Å². The van der Waals surface area contributed by atoms with Crippen LogP contribution in [0.4, 0.5) is 0 Å². The molecule has 0 spiro atoms. The summed E-state index contributed by atoms with van der Waals surface area (Å²) in [6, 6.07) is 24.8. The highest BCUT2D eigenvalue weighted by Gasteiger charge is 2.30. The van der Waals surface area contributed by atoms with Gasteiger partial charge >= 0.3 is 0 Å². The predicted octanol–water partition coefficient (Wildman–Crippen LogP) is 5.24. The maximum absolute atomic E-state index is 13.6. The van der Waals surface area contributed by atoms with E-state index in [1.54, 1.807) is 4.90 Å². The van der Waals surface area contributed by atoms with Crippen molar-refractivity contribution in [3.8, 4) is 5.75 Å². The second-order valence-electron chi connectivity index (χ2n) is 8.91. The van der Waals surface area contributed by atoms with Crippen LogP contribution < -0.4 is 10.1 Å². The average Bonchev–Trinajstić information content (AvgIpc) is 2.86. The number of ether oxygens (including phenoxy) is 1. The van der Waals surface area contributed by atoms with E-state index in [4.69, 9.17) is 4.74 Å². The second-order valence-corrected chi connectivity index (χ2v) is 8.91. The highest BCUT2D eigenvalue weighted by atomic mass is 16.5. The van der Waals surface area contributed by atoms with Crippen LogP contribution in [0, 0.1) is 13.8 Å². The highest BCUT2D eigenvalue weighted by Crippen LogP contribution is 2.20. The van der Waals surface area contributed by atoms with E-state index >= 15 is 0 Å². The molecular weight excluding hydrogens is 436 g/mol. The summed E-state index contributed by atoms with van der Waals surface area (Å²) in [5.74, 6) is 0.314. The summed E-state index contributed by atoms with van der Waals surface area (Å²) in [4.78, 5) is 28.6. The van der Waals surface area contributed by atoms with Crippen LogP contribution in [-0.2, 0) is 22.6 Å². The first kappa shape index (κ1) is 26.0. The number of benzene rings is 3. The van der Waals surface area contributed by atoms with Crippen molar-refractivity contribution in [2.45, 2.75) is 52.6 Å². The molecule has 0 saturated heterocycles. The van der Waals surface area contributed by atoms with E-state index in [-0.39, 0.29) is 18.4 Å². The molecule has 0 aliphatic rings. The van der Waals surface area contributed by atoms with E-state index in [1.165, 1.54) is 0 Å². The number of aryl methyl sites for hydroxylation is 2. The van der Waals surface area contributed by atoms with Gasteiger partial charge in [-0.1, -0.05) is 91.7 Å². The third kappa shape index (κ3) is 7.99. The Balaban J connectivity index is 1.87. The Labute approximate surface area is 209 Å². The lowest BCUT2D eigenvalue weighted by molar-refractivity contribution is -0.142. The Kier molecular flexibility index (Phi) is 9.91. The molecule has 0 unspecified atom stereocenters. The number of nitrogens with one attached hydrogen (secondary N) is 1. The molecule has 0 aliphatic carbocycles. The molecule has 5 heteroatoms. The smallest absolute Gasteiger partial charge is 0.261 e. The zero-order valence-electron chi connectivity index (χ0n) is 21.0. The van der Waals surface area contributed by atoms with Crippen molar-refractivity contribution in [1.82, 2.24) is 10.2 Å². The van der Waals surface area contributed by atoms with E-state index in [0.29, 0.717) is 25.3 Å². The number of carbonyl (C=O) groups excluding carboxylic acids is 2. The lowest BCUT2D eigenvalue weighted by atomic mass is 10.0. The number of amides is 2. The number of rotatable bonds is 12. The van der Waals surface area contributed by atoms with Crippen molar-refractivity contribution in [3.63, 3.8) is 0 Å². The molecule has 0 saturated carbocycles. The fraction of sp³-hybridized carbons (Fsp3) is 0.333. The molecule has 3 aromatic rings. The van der Waals surface area contributed by atoms with Crippen molar-refractivity contribution in [2.24, 2.45) is 0 Å². The Bertz CT molecular complexity index is 1080. The zero-order chi connectivity index (χ0) is 25.0. The van der Waals surface area contributed by atoms with Gasteiger partial charge in [0.15, 0.2) is 6.61 Å². The first-order valence-corrected chi connectivity index (χ1v) is 12.3. The minimum atomic E-state index is -0.648. The molecule has 5 nitrogen and oxygen atoms in total. The highest BCUT2D eigenvalue weighted by molar-refractivity contribution is 5.88. The summed E-state index contributed by atoms with van der Waals surface area (Å²) < 4.78 is 5.93. The van der Waals surface area contributed by atoms with Gasteiger partial charge in [-0.3, -0.25) is 9.59 Å². The topological polar surface area (TPSA) is 58.6 Å². The molecule has 0 bridgehead atoms. The van der Waals surface area contributed by atoms with Gasteiger partial charge in [0, 0.05) is 19.5 Å². The maximum Gasteiger partial charge on any atom is 0.261 e. The molecular formula is C30H36N2O3. The largest absolute Gasteiger partial charge is 0.483 e. The fourth-order valence-electron chi connectivity index (χ4n) is 4.02. The van der Waals surface area contributed by atoms with Gasteiger partial charge in [0.1, 0.15) is 11.8 Å². The van der Waals surface area contributed by atoms with Gasteiger partial charge in [-0.2, -0.15) is 0 Å². The van der Waals surface area contributed by atoms with Crippen LogP contribution in [0.25, 0.3) is 0 Å². The van der Waals surface area contributed by atoms with Crippen LogP contribution in [0.3, 0.4) is 0 Å². The Morgan fingerprint density at radius 3 is 2.20 bits per heavy atom. The third-order valence-electron chi connectivity index (χ3n) is 5.98. The molecule has 3 aromatic carbocycles. The standard InChI is InChI=1S/C30H36N2O3/c1-4-5-18-31-30(34)27(20-25-12-8-6-9-13-25)32(21-26-14-10-7-11-15-26)29(33)22-35-28-17-16-23(2)19-24(28)3/h6-17,19,27H,4-5,18,20-22H2,1-3H3,(H,31,34)/t27-/m1/s1. The Morgan fingerprint density at radius 1 is 0.914 bits per heavy atom. The number of nitrogens with zero attached hydrogens (tertiary/aromatic N) is 1. The molecule has 1 N–H and O–H groups in total. The fourth-order valence-corrected chi connectivity index (χ4v) is 4.02. The monoisotopic (exact) mass is 472 g/mol. The first-order chi connectivity index (χ1) is 17.0. The summed E-state index contributed by atoms with van der Waals surface area (Å²) >= 11 is 0. The van der Waals surface area contributed by atoms with Crippen LogP contribution in [0.2, 0.25) is 0 Å². The summed E-state index contributed by atoms with van der Waals surface area (Å²) in [7, 11) is 0. The van der Waals surface area contributed by atoms with Gasteiger partial charge in [0.25, 0.3) is 5.91 Å². The van der Waals surface area contributed by atoms with E-state index in [0.717, 1.165) is 35.1 Å². The quantitative estimate of drug-likeness (QED) is 0.367. The van der Waals surface area contributed by atoms with Crippen molar-refractivity contribution in [2.75, 3.05) is 13.2 Å². The summed E-state index contributed by atoms with van der Waals surface area (Å²) in [5, 5.41) is 3.04. The van der Waals surface area contributed by atoms with Gasteiger partial charge in [0.05, 0.1) is 0 Å². The number of hydrogen-bond donors (Lipinski definition) is 1. The third-order valence-corrected chi connectivity index (χ3v) is 5.98. The Morgan fingerprint density at radius 2 is 1.57 bits per heavy atom. The lowest BCUT2D eigenvalue weighted by Gasteiger charge is -2.31. The van der Waals surface area contributed by atoms with Crippen molar-refractivity contribution < 1.29 is 14.3 Å². The molecule has 0 heterocycles. The van der Waals surface area contributed by atoms with Gasteiger partial charge in [0.2, 0.25) is 5.91 Å². The zero-order valence-corrected chi connectivity index (χ0v) is 21.0. The molecule has 0 aliphatic heterocycles. The Hall–Kier alpha value is -3.60. The SMILES string of the molecule is CCCCNC(=O)[C@@H](Cc1ccccc1)N(Cc1ccccc1)C(=O)COc1ccc(C)cc1C. The van der Waals surface area contributed by atoms with E-state index < -0.39 is 6.04 Å². The van der Waals surface area contributed by atoms with Gasteiger partial charge < -0.3 is 15.0 Å². The predicted molar refractivity (Wildman–Crippen MR) is 140 cm³/mol. The van der Waals surface area contributed by atoms with Crippen LogP contribution in [0.5, 0.6) is 5.75 Å². The molecule has 0 fully saturated rings. The van der Waals surface area contributed by atoms with Gasteiger partial charge in [-0.15, -0.1) is 0 Å². The lowest BCUT2D eigenvalue weighted by Crippen LogP contribution is -2.51. The van der Waals surface area contributed by atoms with E-state index in [1.807, 2.05) is 92.7 Å². The van der Waals surface area contributed by atoms with Crippen molar-refractivity contribution in [3.05, 3.63) is 101 Å². The van der Waals surface area contributed by atoms with E-state index in [2.05, 4.69) is 12.2 Å². The van der Waals surface area contributed by atoms with Crippen molar-refractivity contribution >= 4 is 11.8 Å². The number of carbonyl (C=O) groups is 2. The van der Waals surface area contributed by atoms with Crippen LogP contribution in [0.15, 0.2) is 78.9 Å². The molecule has 3 rings (SSSR count). The first-order valence-electron chi connectivity index (χ1n) is 12.3. The van der Waals surface area contributed by atoms with Gasteiger partial charge in [-0.25, -0.2) is 0 Å². The maximum atomic E-state index is 13.6. The van der Waals surface area contributed by atoms with Crippen LogP contribution in [-0.4, -0.2) is 35.9 Å². The minimum absolute atomic E-state index is 0.135. The summed E-state index contributed by atoms with van der Waals surface area (Å²) in [6.45, 7) is 6.86. The average molecular weight is 473 g/mol. The summed E-state index contributed by atoms with van der Waals surface area (Å²) in [6.07, 6.45) is 2.31. The molecule has 1 atom stereocenters. The number of hydrogen-bond acceptors (Lipinski definition) is 3.